The standard InChI is InChI=1S/C18H19NO3S/c1-3-23(21,22)19-17-11-8-16(9-12-17)18(20)13-10-15-7-5-4-6-14(15)2/h4-13,19H,3H2,1-2H3/b13-10+. The summed E-state index contributed by atoms with van der Waals surface area (Å²) in [6.45, 7) is 3.55. The van der Waals surface area contributed by atoms with Gasteiger partial charge in [0, 0.05) is 11.3 Å². The van der Waals surface area contributed by atoms with Gasteiger partial charge >= 0.3 is 0 Å². The maximum atomic E-state index is 12.2. The van der Waals surface area contributed by atoms with Crippen LogP contribution in [-0.4, -0.2) is 20.0 Å². The number of benzene rings is 2. The van der Waals surface area contributed by atoms with E-state index in [9.17, 15) is 13.2 Å². The molecule has 0 aliphatic carbocycles. The van der Waals surface area contributed by atoms with Crippen molar-refractivity contribution in [3.8, 4) is 0 Å². The Hall–Kier alpha value is -2.40. The van der Waals surface area contributed by atoms with Gasteiger partial charge in [0.2, 0.25) is 10.0 Å². The number of allylic oxidation sites excluding steroid dienone is 1. The topological polar surface area (TPSA) is 63.2 Å². The lowest BCUT2D eigenvalue weighted by molar-refractivity contribution is 0.104. The third-order valence-corrected chi connectivity index (χ3v) is 4.73. The number of sulfonamides is 1. The van der Waals surface area contributed by atoms with Crippen LogP contribution in [0.25, 0.3) is 6.08 Å². The monoisotopic (exact) mass is 329 g/mol. The minimum atomic E-state index is -3.31. The zero-order valence-electron chi connectivity index (χ0n) is 13.1. The van der Waals surface area contributed by atoms with E-state index in [0.717, 1.165) is 11.1 Å². The molecule has 0 amide bonds. The lowest BCUT2D eigenvalue weighted by Gasteiger charge is -2.06. The highest BCUT2D eigenvalue weighted by Gasteiger charge is 2.07. The lowest BCUT2D eigenvalue weighted by Crippen LogP contribution is -2.14. The predicted molar refractivity (Wildman–Crippen MR) is 94.1 cm³/mol. The first-order chi connectivity index (χ1) is 10.9. The first-order valence-electron chi connectivity index (χ1n) is 7.30. The minimum Gasteiger partial charge on any atom is -0.289 e. The van der Waals surface area contributed by atoms with Crippen LogP contribution in [0.1, 0.15) is 28.4 Å². The van der Waals surface area contributed by atoms with E-state index in [4.69, 9.17) is 0 Å². The molecule has 2 rings (SSSR count). The molecule has 120 valence electrons. The second-order valence-electron chi connectivity index (χ2n) is 5.14. The van der Waals surface area contributed by atoms with E-state index in [-0.39, 0.29) is 11.5 Å². The molecule has 0 unspecified atom stereocenters. The summed E-state index contributed by atoms with van der Waals surface area (Å²) in [6.07, 6.45) is 3.30. The SMILES string of the molecule is CCS(=O)(=O)Nc1ccc(C(=O)/C=C/c2ccccc2C)cc1. The molecule has 2 aromatic rings. The van der Waals surface area contributed by atoms with Crippen LogP contribution < -0.4 is 4.72 Å². The van der Waals surface area contributed by atoms with Crippen molar-refractivity contribution in [1.82, 2.24) is 0 Å². The van der Waals surface area contributed by atoms with Gasteiger partial charge in [-0.3, -0.25) is 9.52 Å². The average Bonchev–Trinajstić information content (AvgIpc) is 2.54. The number of aryl methyl sites for hydroxylation is 1. The molecule has 0 heterocycles. The Morgan fingerprint density at radius 1 is 1.09 bits per heavy atom. The molecule has 0 bridgehead atoms. The maximum Gasteiger partial charge on any atom is 0.232 e. The summed E-state index contributed by atoms with van der Waals surface area (Å²) in [5.41, 5.74) is 3.05. The number of nitrogens with one attached hydrogen (secondary N) is 1. The fourth-order valence-electron chi connectivity index (χ4n) is 1.99. The molecule has 0 radical (unpaired) electrons. The van der Waals surface area contributed by atoms with Gasteiger partial charge < -0.3 is 0 Å². The first kappa shape index (κ1) is 17.0. The van der Waals surface area contributed by atoms with Crippen LogP contribution in [0.4, 0.5) is 5.69 Å². The van der Waals surface area contributed by atoms with Gasteiger partial charge in [0.15, 0.2) is 5.78 Å². The largest absolute Gasteiger partial charge is 0.289 e. The molecule has 0 aromatic heterocycles. The van der Waals surface area contributed by atoms with Crippen molar-refractivity contribution in [3.05, 3.63) is 71.3 Å². The van der Waals surface area contributed by atoms with Gasteiger partial charge in [0.05, 0.1) is 5.75 Å². The van der Waals surface area contributed by atoms with Crippen molar-refractivity contribution in [2.24, 2.45) is 0 Å². The van der Waals surface area contributed by atoms with E-state index in [0.29, 0.717) is 11.3 Å². The Kier molecular flexibility index (Phi) is 5.34. The number of hydrogen-bond acceptors (Lipinski definition) is 3. The molecular formula is C18H19NO3S. The summed E-state index contributed by atoms with van der Waals surface area (Å²) in [7, 11) is -3.31. The van der Waals surface area contributed by atoms with Crippen LogP contribution in [-0.2, 0) is 10.0 Å². The van der Waals surface area contributed by atoms with Crippen LogP contribution in [0.3, 0.4) is 0 Å². The Labute approximate surface area is 136 Å². The van der Waals surface area contributed by atoms with E-state index in [1.54, 1.807) is 37.3 Å². The summed E-state index contributed by atoms with van der Waals surface area (Å²) in [6, 6.07) is 14.2. The van der Waals surface area contributed by atoms with E-state index >= 15 is 0 Å². The van der Waals surface area contributed by atoms with E-state index < -0.39 is 10.0 Å². The Morgan fingerprint density at radius 2 is 1.74 bits per heavy atom. The first-order valence-corrected chi connectivity index (χ1v) is 8.95. The zero-order valence-corrected chi connectivity index (χ0v) is 13.9. The molecule has 5 heteroatoms. The van der Waals surface area contributed by atoms with E-state index in [2.05, 4.69) is 4.72 Å². The van der Waals surface area contributed by atoms with Crippen LogP contribution in [0.2, 0.25) is 0 Å². The number of ketones is 1. The van der Waals surface area contributed by atoms with Crippen molar-refractivity contribution in [3.63, 3.8) is 0 Å². The smallest absolute Gasteiger partial charge is 0.232 e. The molecule has 0 saturated heterocycles. The van der Waals surface area contributed by atoms with E-state index in [1.165, 1.54) is 6.08 Å². The van der Waals surface area contributed by atoms with Gasteiger partial charge in [0.1, 0.15) is 0 Å². The molecule has 0 spiro atoms. The predicted octanol–water partition coefficient (Wildman–Crippen LogP) is 3.65. The van der Waals surface area contributed by atoms with Crippen molar-refractivity contribution in [2.45, 2.75) is 13.8 Å². The van der Waals surface area contributed by atoms with Crippen LogP contribution >= 0.6 is 0 Å². The Balaban J connectivity index is 2.10. The Morgan fingerprint density at radius 3 is 2.35 bits per heavy atom. The quantitative estimate of drug-likeness (QED) is 0.650. The van der Waals surface area contributed by atoms with Gasteiger partial charge in [-0.05, 0) is 55.3 Å². The molecule has 0 saturated carbocycles. The molecule has 0 aliphatic rings. The summed E-state index contributed by atoms with van der Waals surface area (Å²) >= 11 is 0. The number of carbonyl (C=O) groups is 1. The highest BCUT2D eigenvalue weighted by Crippen LogP contribution is 2.14. The van der Waals surface area contributed by atoms with Gasteiger partial charge in [0.25, 0.3) is 0 Å². The fourth-order valence-corrected chi connectivity index (χ4v) is 2.63. The number of rotatable bonds is 6. The molecule has 0 atom stereocenters. The Bertz CT molecular complexity index is 822. The highest BCUT2D eigenvalue weighted by molar-refractivity contribution is 7.92. The summed E-state index contributed by atoms with van der Waals surface area (Å²) in [5, 5.41) is 0. The van der Waals surface area contributed by atoms with Crippen LogP contribution in [0.5, 0.6) is 0 Å². The van der Waals surface area contributed by atoms with Gasteiger partial charge in [-0.1, -0.05) is 30.3 Å². The second-order valence-corrected chi connectivity index (χ2v) is 7.15. The zero-order chi connectivity index (χ0) is 16.9. The van der Waals surface area contributed by atoms with Crippen molar-refractivity contribution >= 4 is 27.6 Å². The average molecular weight is 329 g/mol. The number of anilines is 1. The van der Waals surface area contributed by atoms with Crippen LogP contribution in [0, 0.1) is 6.92 Å². The highest BCUT2D eigenvalue weighted by atomic mass is 32.2. The van der Waals surface area contributed by atoms with Gasteiger partial charge in [-0.25, -0.2) is 8.42 Å². The normalized spacial score (nSPS) is 11.6. The molecule has 4 nitrogen and oxygen atoms in total. The van der Waals surface area contributed by atoms with Crippen molar-refractivity contribution in [2.75, 3.05) is 10.5 Å². The third kappa shape index (κ3) is 4.79. The maximum absolute atomic E-state index is 12.2. The van der Waals surface area contributed by atoms with Crippen molar-refractivity contribution in [1.29, 1.82) is 0 Å². The van der Waals surface area contributed by atoms with Crippen molar-refractivity contribution < 1.29 is 13.2 Å². The minimum absolute atomic E-state index is 0.00679. The fraction of sp³-hybridized carbons (Fsp3) is 0.167. The molecule has 1 N–H and O–H groups in total. The summed E-state index contributed by atoms with van der Waals surface area (Å²) < 4.78 is 25.4. The molecule has 0 aliphatic heterocycles. The molecule has 2 aromatic carbocycles. The van der Waals surface area contributed by atoms with Gasteiger partial charge in [-0.15, -0.1) is 0 Å². The third-order valence-electron chi connectivity index (χ3n) is 3.43. The lowest BCUT2D eigenvalue weighted by atomic mass is 10.1. The number of carbonyl (C=O) groups excluding carboxylic acids is 1. The van der Waals surface area contributed by atoms with Gasteiger partial charge in [-0.2, -0.15) is 0 Å². The second kappa shape index (κ2) is 7.24. The molecule has 0 fully saturated rings. The van der Waals surface area contributed by atoms with E-state index in [1.807, 2.05) is 31.2 Å². The summed E-state index contributed by atoms with van der Waals surface area (Å²) in [5.74, 6) is -0.120. The van der Waals surface area contributed by atoms with Crippen LogP contribution in [0.15, 0.2) is 54.6 Å². The number of hydrogen-bond donors (Lipinski definition) is 1. The molecule has 23 heavy (non-hydrogen) atoms. The summed E-state index contributed by atoms with van der Waals surface area (Å²) in [4.78, 5) is 12.2. The molecular weight excluding hydrogens is 310 g/mol.